The van der Waals surface area contributed by atoms with Crippen LogP contribution in [0.3, 0.4) is 0 Å². The second kappa shape index (κ2) is 3.02. The van der Waals surface area contributed by atoms with Crippen LogP contribution in [-0.2, 0) is 0 Å². The molecule has 1 saturated carbocycles. The minimum Gasteiger partial charge on any atom is -0.358 e. The average Bonchev–Trinajstić information content (AvgIpc) is 2.60. The normalized spacial score (nSPS) is 27.2. The largest absolute Gasteiger partial charge is 0.358 e. The second-order valence-corrected chi connectivity index (χ2v) is 5.72. The van der Waals surface area contributed by atoms with Gasteiger partial charge in [0.2, 0.25) is 0 Å². The summed E-state index contributed by atoms with van der Waals surface area (Å²) in [5.41, 5.74) is 8.66. The number of hydrogen-bond donors (Lipinski definition) is 2. The van der Waals surface area contributed by atoms with Crippen LogP contribution in [-0.4, -0.2) is 11.0 Å². The second-order valence-electron chi connectivity index (χ2n) is 5.28. The fourth-order valence-electron chi connectivity index (χ4n) is 2.57. The SMILES string of the molecule is CC1(C)C(N)C1c1cc2cc(Cl)ccc2[nH]1. The lowest BCUT2D eigenvalue weighted by Crippen LogP contribution is -2.06. The van der Waals surface area contributed by atoms with Gasteiger partial charge in [0.15, 0.2) is 0 Å². The van der Waals surface area contributed by atoms with E-state index in [1.54, 1.807) is 0 Å². The number of benzene rings is 1. The molecule has 0 amide bonds. The van der Waals surface area contributed by atoms with E-state index in [0.717, 1.165) is 15.9 Å². The third-order valence-electron chi connectivity index (χ3n) is 3.85. The van der Waals surface area contributed by atoms with Gasteiger partial charge in [0.25, 0.3) is 0 Å². The minimum absolute atomic E-state index is 0.213. The molecule has 0 spiro atoms. The van der Waals surface area contributed by atoms with E-state index in [2.05, 4.69) is 24.9 Å². The molecule has 2 unspecified atom stereocenters. The molecule has 3 N–H and O–H groups in total. The van der Waals surface area contributed by atoms with E-state index in [0.29, 0.717) is 5.92 Å². The molecule has 0 bridgehead atoms. The van der Waals surface area contributed by atoms with Crippen molar-refractivity contribution in [3.8, 4) is 0 Å². The highest BCUT2D eigenvalue weighted by molar-refractivity contribution is 6.31. The molecule has 1 aromatic carbocycles. The number of fused-ring (bicyclic) bond motifs is 1. The maximum absolute atomic E-state index is 6.08. The Balaban J connectivity index is 2.07. The summed E-state index contributed by atoms with van der Waals surface area (Å²) in [7, 11) is 0. The van der Waals surface area contributed by atoms with Crippen molar-refractivity contribution in [3.63, 3.8) is 0 Å². The summed E-state index contributed by atoms with van der Waals surface area (Å²) in [5.74, 6) is 0.443. The fourth-order valence-corrected chi connectivity index (χ4v) is 2.75. The van der Waals surface area contributed by atoms with Gasteiger partial charge in [-0.25, -0.2) is 0 Å². The van der Waals surface area contributed by atoms with Gasteiger partial charge in [-0.3, -0.25) is 0 Å². The Morgan fingerprint density at radius 3 is 2.62 bits per heavy atom. The van der Waals surface area contributed by atoms with E-state index in [1.807, 2.05) is 18.2 Å². The molecule has 1 aromatic heterocycles. The molecule has 2 nitrogen and oxygen atoms in total. The molecule has 1 aliphatic carbocycles. The third kappa shape index (κ3) is 1.30. The van der Waals surface area contributed by atoms with Gasteiger partial charge in [0.05, 0.1) is 0 Å². The highest BCUT2D eigenvalue weighted by Crippen LogP contribution is 2.57. The lowest BCUT2D eigenvalue weighted by Gasteiger charge is -1.98. The number of nitrogens with two attached hydrogens (primary N) is 1. The molecule has 2 atom stereocenters. The van der Waals surface area contributed by atoms with E-state index in [-0.39, 0.29) is 11.5 Å². The van der Waals surface area contributed by atoms with Crippen LogP contribution in [0.15, 0.2) is 24.3 Å². The molecule has 1 heterocycles. The van der Waals surface area contributed by atoms with Gasteiger partial charge in [-0.2, -0.15) is 0 Å². The predicted molar refractivity (Wildman–Crippen MR) is 67.8 cm³/mol. The van der Waals surface area contributed by atoms with Crippen molar-refractivity contribution in [2.75, 3.05) is 0 Å². The molecule has 0 aliphatic heterocycles. The van der Waals surface area contributed by atoms with Gasteiger partial charge in [0.1, 0.15) is 0 Å². The lowest BCUT2D eigenvalue weighted by atomic mass is 10.1. The first kappa shape index (κ1) is 10.2. The molecule has 0 radical (unpaired) electrons. The van der Waals surface area contributed by atoms with Gasteiger partial charge >= 0.3 is 0 Å². The van der Waals surface area contributed by atoms with Crippen LogP contribution < -0.4 is 5.73 Å². The first-order valence-electron chi connectivity index (χ1n) is 5.54. The summed E-state index contributed by atoms with van der Waals surface area (Å²) in [5, 5.41) is 1.94. The number of aromatic amines is 1. The smallest absolute Gasteiger partial charge is 0.0457 e. The maximum Gasteiger partial charge on any atom is 0.0457 e. The lowest BCUT2D eigenvalue weighted by molar-refractivity contribution is 0.596. The summed E-state index contributed by atoms with van der Waals surface area (Å²) in [4.78, 5) is 3.43. The zero-order valence-electron chi connectivity index (χ0n) is 9.42. The van der Waals surface area contributed by atoms with Crippen molar-refractivity contribution in [1.82, 2.24) is 4.98 Å². The molecular formula is C13H15ClN2. The van der Waals surface area contributed by atoms with E-state index in [9.17, 15) is 0 Å². The summed E-state index contributed by atoms with van der Waals surface area (Å²) >= 11 is 5.97. The van der Waals surface area contributed by atoms with Crippen LogP contribution in [0, 0.1) is 5.41 Å². The Kier molecular flexibility index (Phi) is 1.92. The van der Waals surface area contributed by atoms with Gasteiger partial charge in [-0.1, -0.05) is 25.4 Å². The van der Waals surface area contributed by atoms with Crippen LogP contribution in [0.5, 0.6) is 0 Å². The van der Waals surface area contributed by atoms with Crippen LogP contribution in [0.4, 0.5) is 0 Å². The Bertz CT molecular complexity index is 556. The maximum atomic E-state index is 6.08. The predicted octanol–water partition coefficient (Wildman–Crippen LogP) is 3.27. The monoisotopic (exact) mass is 234 g/mol. The molecule has 3 rings (SSSR count). The van der Waals surface area contributed by atoms with Crippen molar-refractivity contribution in [1.29, 1.82) is 0 Å². The average molecular weight is 235 g/mol. The number of hydrogen-bond acceptors (Lipinski definition) is 1. The molecule has 1 fully saturated rings. The van der Waals surface area contributed by atoms with Gasteiger partial charge in [-0.15, -0.1) is 0 Å². The molecular weight excluding hydrogens is 220 g/mol. The first-order chi connectivity index (χ1) is 7.50. The molecule has 16 heavy (non-hydrogen) atoms. The number of aromatic nitrogens is 1. The van der Waals surface area contributed by atoms with Crippen LogP contribution in [0.2, 0.25) is 5.02 Å². The van der Waals surface area contributed by atoms with Crippen molar-refractivity contribution in [2.45, 2.75) is 25.8 Å². The highest BCUT2D eigenvalue weighted by Gasteiger charge is 2.56. The summed E-state index contributed by atoms with van der Waals surface area (Å²) < 4.78 is 0. The highest BCUT2D eigenvalue weighted by atomic mass is 35.5. The number of H-pyrrole nitrogens is 1. The molecule has 84 valence electrons. The van der Waals surface area contributed by atoms with E-state index in [1.165, 1.54) is 5.69 Å². The molecule has 1 aliphatic rings. The van der Waals surface area contributed by atoms with Crippen LogP contribution >= 0.6 is 11.6 Å². The molecule has 3 heteroatoms. The summed E-state index contributed by atoms with van der Waals surface area (Å²) in [6, 6.07) is 8.33. The van der Waals surface area contributed by atoms with Crippen LogP contribution in [0.1, 0.15) is 25.5 Å². The van der Waals surface area contributed by atoms with Gasteiger partial charge in [-0.05, 0) is 29.7 Å². The topological polar surface area (TPSA) is 41.8 Å². The van der Waals surface area contributed by atoms with E-state index in [4.69, 9.17) is 17.3 Å². The molecule has 0 saturated heterocycles. The molecule has 2 aromatic rings. The number of halogens is 1. The Morgan fingerprint density at radius 1 is 1.31 bits per heavy atom. The standard InChI is InChI=1S/C13H15ClN2/c1-13(2)11(12(13)15)10-6-7-5-8(14)3-4-9(7)16-10/h3-6,11-12,16H,15H2,1-2H3. The Hall–Kier alpha value is -0.990. The van der Waals surface area contributed by atoms with Crippen molar-refractivity contribution in [2.24, 2.45) is 11.1 Å². The Labute approximate surface area is 99.8 Å². The third-order valence-corrected chi connectivity index (χ3v) is 4.08. The van der Waals surface area contributed by atoms with Gasteiger partial charge in [0, 0.05) is 33.6 Å². The summed E-state index contributed by atoms with van der Waals surface area (Å²) in [6.07, 6.45) is 0. The number of rotatable bonds is 1. The van der Waals surface area contributed by atoms with E-state index >= 15 is 0 Å². The Morgan fingerprint density at radius 2 is 2.00 bits per heavy atom. The van der Waals surface area contributed by atoms with E-state index < -0.39 is 0 Å². The fraction of sp³-hybridized carbons (Fsp3) is 0.385. The van der Waals surface area contributed by atoms with Crippen molar-refractivity contribution < 1.29 is 0 Å². The van der Waals surface area contributed by atoms with Gasteiger partial charge < -0.3 is 10.7 Å². The van der Waals surface area contributed by atoms with Crippen molar-refractivity contribution in [3.05, 3.63) is 35.0 Å². The van der Waals surface area contributed by atoms with Crippen LogP contribution in [0.25, 0.3) is 10.9 Å². The minimum atomic E-state index is 0.213. The quantitative estimate of drug-likeness (QED) is 0.781. The van der Waals surface area contributed by atoms with Crippen molar-refractivity contribution >= 4 is 22.5 Å². The summed E-state index contributed by atoms with van der Waals surface area (Å²) in [6.45, 7) is 4.42. The first-order valence-corrected chi connectivity index (χ1v) is 5.92. The number of nitrogens with one attached hydrogen (secondary N) is 1. The zero-order chi connectivity index (χ0) is 11.5. The zero-order valence-corrected chi connectivity index (χ0v) is 10.2.